The summed E-state index contributed by atoms with van der Waals surface area (Å²) in [6, 6.07) is 0.566. The summed E-state index contributed by atoms with van der Waals surface area (Å²) < 4.78 is 0. The number of aromatic nitrogens is 2. The van der Waals surface area contributed by atoms with Gasteiger partial charge in [0.1, 0.15) is 0 Å². The molecular formula is C12H23N3. The maximum absolute atomic E-state index is 4.28. The SMILES string of the molecule is CCC(CC)C(C)NCc1nc[nH]c1C. The molecule has 0 radical (unpaired) electrons. The molecule has 0 saturated carbocycles. The van der Waals surface area contributed by atoms with Crippen molar-refractivity contribution in [2.45, 2.75) is 53.1 Å². The van der Waals surface area contributed by atoms with Crippen molar-refractivity contribution in [1.82, 2.24) is 15.3 Å². The van der Waals surface area contributed by atoms with Crippen LogP contribution >= 0.6 is 0 Å². The van der Waals surface area contributed by atoms with Gasteiger partial charge in [-0.05, 0) is 19.8 Å². The minimum atomic E-state index is 0.566. The van der Waals surface area contributed by atoms with E-state index in [4.69, 9.17) is 0 Å². The van der Waals surface area contributed by atoms with Crippen LogP contribution in [0, 0.1) is 12.8 Å². The minimum absolute atomic E-state index is 0.566. The van der Waals surface area contributed by atoms with Crippen molar-refractivity contribution < 1.29 is 0 Å². The third-order valence-corrected chi connectivity index (χ3v) is 3.28. The monoisotopic (exact) mass is 209 g/mol. The predicted molar refractivity (Wildman–Crippen MR) is 63.7 cm³/mol. The first-order valence-corrected chi connectivity index (χ1v) is 5.91. The van der Waals surface area contributed by atoms with Gasteiger partial charge in [0.05, 0.1) is 12.0 Å². The van der Waals surface area contributed by atoms with Gasteiger partial charge in [0.25, 0.3) is 0 Å². The first kappa shape index (κ1) is 12.2. The van der Waals surface area contributed by atoms with E-state index in [0.717, 1.165) is 18.2 Å². The highest BCUT2D eigenvalue weighted by Gasteiger charge is 2.13. The quantitative estimate of drug-likeness (QED) is 0.756. The minimum Gasteiger partial charge on any atom is -0.348 e. The van der Waals surface area contributed by atoms with Gasteiger partial charge in [0.2, 0.25) is 0 Å². The zero-order valence-electron chi connectivity index (χ0n) is 10.3. The zero-order valence-corrected chi connectivity index (χ0v) is 10.3. The molecule has 0 bridgehead atoms. The average molecular weight is 209 g/mol. The van der Waals surface area contributed by atoms with Crippen LogP contribution < -0.4 is 5.32 Å². The second-order valence-electron chi connectivity index (χ2n) is 4.22. The van der Waals surface area contributed by atoms with Gasteiger partial charge in [0.15, 0.2) is 0 Å². The van der Waals surface area contributed by atoms with Crippen molar-refractivity contribution in [2.24, 2.45) is 5.92 Å². The Morgan fingerprint density at radius 3 is 2.53 bits per heavy atom. The molecule has 0 aliphatic heterocycles. The van der Waals surface area contributed by atoms with Crippen LogP contribution in [-0.4, -0.2) is 16.0 Å². The lowest BCUT2D eigenvalue weighted by molar-refractivity contribution is 0.352. The topological polar surface area (TPSA) is 40.7 Å². The predicted octanol–water partition coefficient (Wildman–Crippen LogP) is 2.63. The summed E-state index contributed by atoms with van der Waals surface area (Å²) in [6.45, 7) is 9.71. The van der Waals surface area contributed by atoms with Crippen LogP contribution in [0.25, 0.3) is 0 Å². The number of hydrogen-bond acceptors (Lipinski definition) is 2. The average Bonchev–Trinajstić information content (AvgIpc) is 2.63. The van der Waals surface area contributed by atoms with Gasteiger partial charge >= 0.3 is 0 Å². The Morgan fingerprint density at radius 1 is 1.40 bits per heavy atom. The summed E-state index contributed by atoms with van der Waals surface area (Å²) in [6.07, 6.45) is 4.24. The number of imidazole rings is 1. The van der Waals surface area contributed by atoms with Crippen molar-refractivity contribution in [3.8, 4) is 0 Å². The van der Waals surface area contributed by atoms with Gasteiger partial charge in [-0.3, -0.25) is 0 Å². The van der Waals surface area contributed by atoms with E-state index in [0.29, 0.717) is 6.04 Å². The molecule has 1 aromatic heterocycles. The van der Waals surface area contributed by atoms with E-state index < -0.39 is 0 Å². The first-order valence-electron chi connectivity index (χ1n) is 5.91. The molecule has 1 heterocycles. The molecule has 0 saturated heterocycles. The van der Waals surface area contributed by atoms with Crippen molar-refractivity contribution in [1.29, 1.82) is 0 Å². The van der Waals surface area contributed by atoms with Gasteiger partial charge in [-0.1, -0.05) is 26.7 Å². The molecule has 3 nitrogen and oxygen atoms in total. The van der Waals surface area contributed by atoms with E-state index in [1.807, 2.05) is 0 Å². The standard InChI is InChI=1S/C12H23N3/c1-5-11(6-2)9(3)13-7-12-10(4)14-8-15-12/h8-9,11,13H,5-7H2,1-4H3,(H,14,15). The molecule has 86 valence electrons. The molecule has 0 aromatic carbocycles. The Balaban J connectivity index is 2.40. The lowest BCUT2D eigenvalue weighted by Gasteiger charge is -2.22. The van der Waals surface area contributed by atoms with E-state index in [-0.39, 0.29) is 0 Å². The van der Waals surface area contributed by atoms with Crippen LogP contribution in [0.5, 0.6) is 0 Å². The molecule has 15 heavy (non-hydrogen) atoms. The van der Waals surface area contributed by atoms with Crippen LogP contribution in [0.15, 0.2) is 6.33 Å². The summed E-state index contributed by atoms with van der Waals surface area (Å²) in [4.78, 5) is 7.38. The highest BCUT2D eigenvalue weighted by atomic mass is 15.0. The molecule has 0 amide bonds. The molecule has 2 N–H and O–H groups in total. The smallest absolute Gasteiger partial charge is 0.0925 e. The maximum Gasteiger partial charge on any atom is 0.0925 e. The van der Waals surface area contributed by atoms with E-state index in [2.05, 4.69) is 43.0 Å². The molecule has 1 aromatic rings. The van der Waals surface area contributed by atoms with Crippen LogP contribution in [0.4, 0.5) is 0 Å². The first-order chi connectivity index (χ1) is 7.19. The Morgan fingerprint density at radius 2 is 2.07 bits per heavy atom. The van der Waals surface area contributed by atoms with Gasteiger partial charge in [0, 0.05) is 18.3 Å². The van der Waals surface area contributed by atoms with E-state index in [1.165, 1.54) is 18.5 Å². The maximum atomic E-state index is 4.28. The van der Waals surface area contributed by atoms with Crippen LogP contribution in [0.1, 0.15) is 45.0 Å². The zero-order chi connectivity index (χ0) is 11.3. The number of H-pyrrole nitrogens is 1. The Bertz CT molecular complexity index is 276. The van der Waals surface area contributed by atoms with Crippen LogP contribution in [0.2, 0.25) is 0 Å². The Labute approximate surface area is 92.7 Å². The van der Waals surface area contributed by atoms with Crippen LogP contribution in [-0.2, 0) is 6.54 Å². The van der Waals surface area contributed by atoms with Gasteiger partial charge in [-0.2, -0.15) is 0 Å². The number of aryl methyl sites for hydroxylation is 1. The van der Waals surface area contributed by atoms with E-state index in [9.17, 15) is 0 Å². The number of nitrogens with zero attached hydrogens (tertiary/aromatic N) is 1. The molecule has 0 spiro atoms. The molecule has 0 fully saturated rings. The summed E-state index contributed by atoms with van der Waals surface area (Å²) in [5.41, 5.74) is 2.30. The molecule has 0 aliphatic carbocycles. The van der Waals surface area contributed by atoms with Crippen molar-refractivity contribution in [3.05, 3.63) is 17.7 Å². The number of nitrogens with one attached hydrogen (secondary N) is 2. The van der Waals surface area contributed by atoms with Gasteiger partial charge in [-0.25, -0.2) is 4.98 Å². The molecule has 1 unspecified atom stereocenters. The summed E-state index contributed by atoms with van der Waals surface area (Å²) in [5, 5.41) is 3.55. The molecule has 1 atom stereocenters. The fraction of sp³-hybridized carbons (Fsp3) is 0.750. The molecule has 0 aliphatic rings. The number of aromatic amines is 1. The Kier molecular flexibility index (Phi) is 4.82. The Hall–Kier alpha value is -0.830. The summed E-state index contributed by atoms with van der Waals surface area (Å²) in [5.74, 6) is 0.768. The summed E-state index contributed by atoms with van der Waals surface area (Å²) in [7, 11) is 0. The molecule has 3 heteroatoms. The van der Waals surface area contributed by atoms with Crippen molar-refractivity contribution in [3.63, 3.8) is 0 Å². The molecule has 1 rings (SSSR count). The lowest BCUT2D eigenvalue weighted by Crippen LogP contribution is -2.32. The van der Waals surface area contributed by atoms with Crippen molar-refractivity contribution >= 4 is 0 Å². The second-order valence-corrected chi connectivity index (χ2v) is 4.22. The van der Waals surface area contributed by atoms with Gasteiger partial charge < -0.3 is 10.3 Å². The largest absolute Gasteiger partial charge is 0.348 e. The van der Waals surface area contributed by atoms with Crippen LogP contribution in [0.3, 0.4) is 0 Å². The highest BCUT2D eigenvalue weighted by molar-refractivity contribution is 5.08. The second kappa shape index (κ2) is 5.91. The highest BCUT2D eigenvalue weighted by Crippen LogP contribution is 2.13. The van der Waals surface area contributed by atoms with E-state index in [1.54, 1.807) is 6.33 Å². The van der Waals surface area contributed by atoms with E-state index >= 15 is 0 Å². The number of hydrogen-bond donors (Lipinski definition) is 2. The normalized spacial score (nSPS) is 13.4. The fourth-order valence-corrected chi connectivity index (χ4v) is 1.99. The third kappa shape index (κ3) is 3.34. The fourth-order valence-electron chi connectivity index (χ4n) is 1.99. The number of rotatable bonds is 6. The van der Waals surface area contributed by atoms with Crippen molar-refractivity contribution in [2.75, 3.05) is 0 Å². The molecular weight excluding hydrogens is 186 g/mol. The lowest BCUT2D eigenvalue weighted by atomic mass is 9.95. The summed E-state index contributed by atoms with van der Waals surface area (Å²) >= 11 is 0. The van der Waals surface area contributed by atoms with Gasteiger partial charge in [-0.15, -0.1) is 0 Å². The third-order valence-electron chi connectivity index (χ3n) is 3.28.